The van der Waals surface area contributed by atoms with Crippen molar-refractivity contribution in [3.63, 3.8) is 0 Å². The molecular weight excluding hydrogens is 188 g/mol. The number of amides is 1. The summed E-state index contributed by atoms with van der Waals surface area (Å²) in [6, 6.07) is 0.683. The van der Waals surface area contributed by atoms with Crippen molar-refractivity contribution in [1.82, 2.24) is 10.2 Å². The molecule has 2 rings (SSSR count). The number of nitrogens with zero attached hydrogens (tertiary/aromatic N) is 1. The van der Waals surface area contributed by atoms with E-state index in [0.29, 0.717) is 11.9 Å². The highest BCUT2D eigenvalue weighted by atomic mass is 16.2. The number of hydrogen-bond acceptors (Lipinski definition) is 2. The molecule has 1 atom stereocenters. The Balaban J connectivity index is 1.87. The molecule has 1 aliphatic heterocycles. The number of carbonyl (C=O) groups excluding carboxylic acids is 1. The summed E-state index contributed by atoms with van der Waals surface area (Å²) in [5, 5.41) is 3.36. The second-order valence-electron chi connectivity index (χ2n) is 4.77. The zero-order valence-electron chi connectivity index (χ0n) is 9.67. The molecule has 3 nitrogen and oxygen atoms in total. The SMILES string of the molecule is CCCNC1CCCN(C2CCC2)C1=O. The number of likely N-dealkylation sites (tertiary alicyclic amines) is 1. The molecule has 1 unspecified atom stereocenters. The Morgan fingerprint density at radius 3 is 2.73 bits per heavy atom. The largest absolute Gasteiger partial charge is 0.338 e. The maximum atomic E-state index is 12.1. The van der Waals surface area contributed by atoms with Crippen LogP contribution in [0, 0.1) is 0 Å². The molecule has 0 aromatic heterocycles. The highest BCUT2D eigenvalue weighted by molar-refractivity contribution is 5.83. The molecule has 1 amide bonds. The first-order chi connectivity index (χ1) is 7.33. The molecule has 1 saturated carbocycles. The van der Waals surface area contributed by atoms with E-state index in [2.05, 4.69) is 17.1 Å². The second-order valence-corrected chi connectivity index (χ2v) is 4.77. The van der Waals surface area contributed by atoms with E-state index in [1.54, 1.807) is 0 Å². The van der Waals surface area contributed by atoms with Gasteiger partial charge in [0.2, 0.25) is 5.91 Å². The van der Waals surface area contributed by atoms with Gasteiger partial charge in [0.25, 0.3) is 0 Å². The third-order valence-electron chi connectivity index (χ3n) is 3.63. The van der Waals surface area contributed by atoms with E-state index in [1.165, 1.54) is 25.7 Å². The van der Waals surface area contributed by atoms with Crippen molar-refractivity contribution in [1.29, 1.82) is 0 Å². The fourth-order valence-electron chi connectivity index (χ4n) is 2.47. The lowest BCUT2D eigenvalue weighted by atomic mass is 9.89. The van der Waals surface area contributed by atoms with Crippen molar-refractivity contribution in [3.8, 4) is 0 Å². The van der Waals surface area contributed by atoms with Gasteiger partial charge in [-0.15, -0.1) is 0 Å². The molecule has 3 heteroatoms. The summed E-state index contributed by atoms with van der Waals surface area (Å²) < 4.78 is 0. The highest BCUT2D eigenvalue weighted by Crippen LogP contribution is 2.27. The van der Waals surface area contributed by atoms with Gasteiger partial charge in [0.1, 0.15) is 0 Å². The summed E-state index contributed by atoms with van der Waals surface area (Å²) in [6.07, 6.45) is 7.07. The van der Waals surface area contributed by atoms with Gasteiger partial charge in [-0.05, 0) is 45.1 Å². The summed E-state index contributed by atoms with van der Waals surface area (Å²) in [5.74, 6) is 0.361. The lowest BCUT2D eigenvalue weighted by Crippen LogP contribution is -2.55. The summed E-state index contributed by atoms with van der Waals surface area (Å²) in [4.78, 5) is 14.3. The van der Waals surface area contributed by atoms with Gasteiger partial charge < -0.3 is 10.2 Å². The first-order valence-corrected chi connectivity index (χ1v) is 6.36. The predicted molar refractivity (Wildman–Crippen MR) is 60.7 cm³/mol. The molecule has 1 heterocycles. The van der Waals surface area contributed by atoms with Gasteiger partial charge >= 0.3 is 0 Å². The van der Waals surface area contributed by atoms with Crippen LogP contribution in [0.25, 0.3) is 0 Å². The van der Waals surface area contributed by atoms with E-state index in [0.717, 1.165) is 25.9 Å². The summed E-state index contributed by atoms with van der Waals surface area (Å²) in [6.45, 7) is 4.10. The van der Waals surface area contributed by atoms with Crippen LogP contribution in [-0.4, -0.2) is 36.0 Å². The topological polar surface area (TPSA) is 32.3 Å². The molecule has 2 fully saturated rings. The van der Waals surface area contributed by atoms with Crippen molar-refractivity contribution in [2.24, 2.45) is 0 Å². The van der Waals surface area contributed by atoms with E-state index >= 15 is 0 Å². The van der Waals surface area contributed by atoms with Crippen LogP contribution in [-0.2, 0) is 4.79 Å². The van der Waals surface area contributed by atoms with Crippen molar-refractivity contribution in [2.45, 2.75) is 57.5 Å². The van der Waals surface area contributed by atoms with Gasteiger partial charge in [-0.25, -0.2) is 0 Å². The molecule has 1 saturated heterocycles. The lowest BCUT2D eigenvalue weighted by molar-refractivity contribution is -0.140. The lowest BCUT2D eigenvalue weighted by Gasteiger charge is -2.42. The third kappa shape index (κ3) is 2.33. The molecule has 86 valence electrons. The maximum absolute atomic E-state index is 12.1. The molecular formula is C12H22N2O. The Morgan fingerprint density at radius 1 is 1.33 bits per heavy atom. The molecule has 0 aromatic carbocycles. The minimum Gasteiger partial charge on any atom is -0.338 e. The van der Waals surface area contributed by atoms with Gasteiger partial charge in [0, 0.05) is 12.6 Å². The number of piperidine rings is 1. The van der Waals surface area contributed by atoms with Gasteiger partial charge in [-0.1, -0.05) is 6.92 Å². The smallest absolute Gasteiger partial charge is 0.239 e. The van der Waals surface area contributed by atoms with E-state index in [9.17, 15) is 4.79 Å². The Labute approximate surface area is 92.2 Å². The van der Waals surface area contributed by atoms with Gasteiger partial charge in [-0.2, -0.15) is 0 Å². The van der Waals surface area contributed by atoms with Crippen LogP contribution in [0.4, 0.5) is 0 Å². The van der Waals surface area contributed by atoms with E-state index in [-0.39, 0.29) is 6.04 Å². The summed E-state index contributed by atoms with van der Waals surface area (Å²) >= 11 is 0. The number of nitrogens with one attached hydrogen (secondary N) is 1. The Kier molecular flexibility index (Phi) is 3.62. The highest BCUT2D eigenvalue weighted by Gasteiger charge is 2.34. The molecule has 1 aliphatic carbocycles. The summed E-state index contributed by atoms with van der Waals surface area (Å²) in [7, 11) is 0. The number of rotatable bonds is 4. The first-order valence-electron chi connectivity index (χ1n) is 6.36. The van der Waals surface area contributed by atoms with Gasteiger partial charge in [0.15, 0.2) is 0 Å². The second kappa shape index (κ2) is 4.97. The molecule has 1 N–H and O–H groups in total. The summed E-state index contributed by atoms with van der Waals surface area (Å²) in [5.41, 5.74) is 0. The van der Waals surface area contributed by atoms with Crippen LogP contribution in [0.2, 0.25) is 0 Å². The van der Waals surface area contributed by atoms with Gasteiger partial charge in [-0.3, -0.25) is 4.79 Å². The van der Waals surface area contributed by atoms with E-state index in [1.807, 2.05) is 0 Å². The van der Waals surface area contributed by atoms with Crippen molar-refractivity contribution in [2.75, 3.05) is 13.1 Å². The molecule has 15 heavy (non-hydrogen) atoms. The van der Waals surface area contributed by atoms with Gasteiger partial charge in [0.05, 0.1) is 6.04 Å². The average molecular weight is 210 g/mol. The molecule has 0 aromatic rings. The molecule has 0 spiro atoms. The van der Waals surface area contributed by atoms with Crippen LogP contribution in [0.3, 0.4) is 0 Å². The quantitative estimate of drug-likeness (QED) is 0.763. The number of carbonyl (C=O) groups is 1. The van der Waals surface area contributed by atoms with E-state index < -0.39 is 0 Å². The van der Waals surface area contributed by atoms with Crippen LogP contribution in [0.1, 0.15) is 45.4 Å². The fourth-order valence-corrected chi connectivity index (χ4v) is 2.47. The monoisotopic (exact) mass is 210 g/mol. The maximum Gasteiger partial charge on any atom is 0.239 e. The average Bonchev–Trinajstić information content (AvgIpc) is 2.17. The zero-order valence-corrected chi connectivity index (χ0v) is 9.67. The molecule has 0 bridgehead atoms. The van der Waals surface area contributed by atoms with Crippen molar-refractivity contribution < 1.29 is 4.79 Å². The fraction of sp³-hybridized carbons (Fsp3) is 0.917. The minimum absolute atomic E-state index is 0.110. The standard InChI is InChI=1S/C12H22N2O/c1-2-8-13-11-7-4-9-14(12(11)15)10-5-3-6-10/h10-11,13H,2-9H2,1H3. The predicted octanol–water partition coefficient (Wildman–Crippen LogP) is 1.53. The van der Waals surface area contributed by atoms with Crippen LogP contribution >= 0.6 is 0 Å². The Morgan fingerprint density at radius 2 is 2.13 bits per heavy atom. The normalized spacial score (nSPS) is 27.9. The molecule has 0 radical (unpaired) electrons. The van der Waals surface area contributed by atoms with Crippen LogP contribution in [0.15, 0.2) is 0 Å². The minimum atomic E-state index is 0.110. The Bertz CT molecular complexity index is 226. The third-order valence-corrected chi connectivity index (χ3v) is 3.63. The van der Waals surface area contributed by atoms with Crippen LogP contribution in [0.5, 0.6) is 0 Å². The Hall–Kier alpha value is -0.570. The molecule has 2 aliphatic rings. The van der Waals surface area contributed by atoms with Crippen LogP contribution < -0.4 is 5.32 Å². The zero-order chi connectivity index (χ0) is 10.7. The number of hydrogen-bond donors (Lipinski definition) is 1. The van der Waals surface area contributed by atoms with E-state index in [4.69, 9.17) is 0 Å². The van der Waals surface area contributed by atoms with Crippen molar-refractivity contribution in [3.05, 3.63) is 0 Å². The van der Waals surface area contributed by atoms with Crippen molar-refractivity contribution >= 4 is 5.91 Å². The first kappa shape index (κ1) is 10.9.